The monoisotopic (exact) mass is 1020 g/mol. The number of primary amides is 1. The standard InChI is InChI=1S/C48H66N12O13/c1-26(2)39(47(71)60-18-10-15-36(60)46(70)57-33(20-29-13-8-5-9-14-29)43(67)59-40(27(3)62)48(72)73)58-44(68)34(21-30-22-51-25-53-30)56-45(69)35(24-61)54-38(64)23-52-42(66)32(16-17-37(50)63)55-41(65)31(49)19-28-11-6-4-7-12-28/h4-9,11-14,22,25-27,31-36,39-40,61-62H,10,15-21,23-24,49H2,1-3H3,(H2,50,63)(H,51,53)(H,52,66)(H,54,64)(H,55,65)(H,56,69)(H,57,70)(H,58,68)(H,59,67)(H,72,73)/t27-,31+,32+,33+,34+,35+,36+,39+,40+/m1/s1. The summed E-state index contributed by atoms with van der Waals surface area (Å²) in [6.07, 6.45) is 1.10. The molecule has 73 heavy (non-hydrogen) atoms. The number of carboxylic acid groups (broad SMARTS) is 1. The Bertz CT molecular complexity index is 2370. The third kappa shape index (κ3) is 18.1. The summed E-state index contributed by atoms with van der Waals surface area (Å²) < 4.78 is 0. The molecule has 0 saturated carbocycles. The highest BCUT2D eigenvalue weighted by Gasteiger charge is 2.41. The van der Waals surface area contributed by atoms with Crippen LogP contribution in [0, 0.1) is 5.92 Å². The van der Waals surface area contributed by atoms with Crippen LogP contribution in [0.3, 0.4) is 0 Å². The molecule has 2 aromatic carbocycles. The molecule has 1 aliphatic heterocycles. The van der Waals surface area contributed by atoms with E-state index in [4.69, 9.17) is 11.5 Å². The molecule has 2 heterocycles. The van der Waals surface area contributed by atoms with Crippen molar-refractivity contribution in [2.45, 2.75) is 120 Å². The molecule has 0 aliphatic carbocycles. The van der Waals surface area contributed by atoms with Crippen LogP contribution >= 0.6 is 0 Å². The molecule has 396 valence electrons. The Hall–Kier alpha value is -7.77. The number of aliphatic hydroxyl groups excluding tert-OH is 2. The van der Waals surface area contributed by atoms with Crippen LogP contribution in [0.25, 0.3) is 0 Å². The number of nitrogens with two attached hydrogens (primary N) is 2. The van der Waals surface area contributed by atoms with Gasteiger partial charge >= 0.3 is 5.97 Å². The van der Waals surface area contributed by atoms with E-state index >= 15 is 0 Å². The molecular weight excluding hydrogens is 953 g/mol. The Kier molecular flexibility index (Phi) is 22.4. The summed E-state index contributed by atoms with van der Waals surface area (Å²) in [6, 6.07) is 6.47. The number of aliphatic carboxylic acids is 1. The highest BCUT2D eigenvalue weighted by molar-refractivity contribution is 5.98. The zero-order valence-corrected chi connectivity index (χ0v) is 40.7. The number of imidazole rings is 1. The van der Waals surface area contributed by atoms with Crippen LogP contribution in [0.1, 0.15) is 63.3 Å². The van der Waals surface area contributed by atoms with Crippen LogP contribution in [0.5, 0.6) is 0 Å². The predicted molar refractivity (Wildman–Crippen MR) is 260 cm³/mol. The first kappa shape index (κ1) is 57.8. The predicted octanol–water partition coefficient (Wildman–Crippen LogP) is -3.84. The Morgan fingerprint density at radius 1 is 0.726 bits per heavy atom. The average Bonchev–Trinajstić information content (AvgIpc) is 4.07. The number of aromatic nitrogens is 2. The van der Waals surface area contributed by atoms with E-state index in [0.29, 0.717) is 17.7 Å². The van der Waals surface area contributed by atoms with Crippen molar-refractivity contribution in [1.82, 2.24) is 52.1 Å². The van der Waals surface area contributed by atoms with Crippen molar-refractivity contribution >= 4 is 59.1 Å². The van der Waals surface area contributed by atoms with Crippen molar-refractivity contribution < 1.29 is 63.3 Å². The van der Waals surface area contributed by atoms with Crippen molar-refractivity contribution in [3.05, 3.63) is 90.0 Å². The van der Waals surface area contributed by atoms with Crippen LogP contribution in [0.4, 0.5) is 0 Å². The number of amides is 9. The van der Waals surface area contributed by atoms with Gasteiger partial charge in [-0.25, -0.2) is 9.78 Å². The van der Waals surface area contributed by atoms with E-state index in [2.05, 4.69) is 47.2 Å². The van der Waals surface area contributed by atoms with Gasteiger partial charge in [-0.15, -0.1) is 0 Å². The molecule has 9 amide bonds. The number of nitrogens with one attached hydrogen (secondary N) is 8. The SMILES string of the molecule is CC(C)[C@H](NC(=O)[C@H](Cc1cnc[nH]1)NC(=O)[C@H](CO)NC(=O)CNC(=O)[C@H](CCC(N)=O)NC(=O)[C@@H](N)Cc1ccccc1)C(=O)N1CCC[C@H]1C(=O)N[C@@H](Cc1ccccc1)C(=O)N[C@H](C(=O)O)[C@@H](C)O. The molecule has 25 heteroatoms. The largest absolute Gasteiger partial charge is 0.480 e. The lowest BCUT2D eigenvalue weighted by atomic mass is 10.0. The molecule has 4 rings (SSSR count). The van der Waals surface area contributed by atoms with Gasteiger partial charge in [-0.05, 0) is 49.7 Å². The molecule has 1 fully saturated rings. The van der Waals surface area contributed by atoms with Crippen molar-refractivity contribution in [3.8, 4) is 0 Å². The third-order valence-corrected chi connectivity index (χ3v) is 11.8. The quantitative estimate of drug-likeness (QED) is 0.0331. The van der Waals surface area contributed by atoms with Gasteiger partial charge in [-0.2, -0.15) is 0 Å². The Morgan fingerprint density at radius 2 is 1.30 bits per heavy atom. The van der Waals surface area contributed by atoms with Crippen molar-refractivity contribution in [1.29, 1.82) is 0 Å². The maximum atomic E-state index is 14.3. The fourth-order valence-corrected chi connectivity index (χ4v) is 7.84. The summed E-state index contributed by atoms with van der Waals surface area (Å²) >= 11 is 0. The van der Waals surface area contributed by atoms with E-state index in [0.717, 1.165) is 5.56 Å². The number of aliphatic hydroxyl groups is 2. The summed E-state index contributed by atoms with van der Waals surface area (Å²) in [7, 11) is 0. The van der Waals surface area contributed by atoms with Gasteiger partial charge < -0.3 is 73.9 Å². The molecule has 9 atom stereocenters. The van der Waals surface area contributed by atoms with E-state index in [1.807, 2.05) is 0 Å². The van der Waals surface area contributed by atoms with Crippen LogP contribution in [0.2, 0.25) is 0 Å². The molecule has 0 radical (unpaired) electrons. The molecule has 15 N–H and O–H groups in total. The van der Waals surface area contributed by atoms with Gasteiger partial charge in [-0.1, -0.05) is 74.5 Å². The molecular formula is C48H66N12O13. The van der Waals surface area contributed by atoms with Crippen molar-refractivity contribution in [2.24, 2.45) is 17.4 Å². The smallest absolute Gasteiger partial charge is 0.328 e. The minimum absolute atomic E-state index is 0.0656. The lowest BCUT2D eigenvalue weighted by Crippen LogP contribution is -2.61. The van der Waals surface area contributed by atoms with E-state index < -0.39 is 133 Å². The lowest BCUT2D eigenvalue weighted by Gasteiger charge is -2.32. The molecule has 0 spiro atoms. The second-order valence-corrected chi connectivity index (χ2v) is 18.0. The lowest BCUT2D eigenvalue weighted by molar-refractivity contribution is -0.146. The number of hydrogen-bond donors (Lipinski definition) is 13. The van der Waals surface area contributed by atoms with Gasteiger partial charge in [0.05, 0.1) is 31.6 Å². The first-order valence-electron chi connectivity index (χ1n) is 23.7. The van der Waals surface area contributed by atoms with Crippen molar-refractivity contribution in [2.75, 3.05) is 19.7 Å². The van der Waals surface area contributed by atoms with Gasteiger partial charge in [0, 0.05) is 37.7 Å². The Morgan fingerprint density at radius 3 is 1.85 bits per heavy atom. The second-order valence-electron chi connectivity index (χ2n) is 18.0. The number of carboxylic acids is 1. The number of carbonyl (C=O) groups is 10. The summed E-state index contributed by atoms with van der Waals surface area (Å²) in [5, 5.41) is 47.0. The van der Waals surface area contributed by atoms with Crippen LogP contribution in [-0.2, 0) is 67.2 Å². The molecule has 3 aromatic rings. The Labute approximate surface area is 420 Å². The second kappa shape index (κ2) is 28.3. The maximum Gasteiger partial charge on any atom is 0.328 e. The molecule has 25 nitrogen and oxygen atoms in total. The van der Waals surface area contributed by atoms with Gasteiger partial charge in [0.2, 0.25) is 53.2 Å². The highest BCUT2D eigenvalue weighted by atomic mass is 16.4. The van der Waals surface area contributed by atoms with Crippen LogP contribution in [0.15, 0.2) is 73.2 Å². The van der Waals surface area contributed by atoms with Gasteiger partial charge in [0.1, 0.15) is 36.3 Å². The van der Waals surface area contributed by atoms with Crippen LogP contribution < -0.4 is 48.7 Å². The molecule has 1 aromatic heterocycles. The zero-order chi connectivity index (χ0) is 53.8. The van der Waals surface area contributed by atoms with E-state index in [9.17, 15) is 63.3 Å². The van der Waals surface area contributed by atoms with Gasteiger partial charge in [0.15, 0.2) is 6.04 Å². The molecule has 1 aliphatic rings. The molecule has 0 bridgehead atoms. The minimum atomic E-state index is -1.68. The van der Waals surface area contributed by atoms with E-state index in [-0.39, 0.29) is 45.1 Å². The number of hydrogen-bond acceptors (Lipinski definition) is 14. The number of H-pyrrole nitrogens is 1. The average molecular weight is 1020 g/mol. The summed E-state index contributed by atoms with van der Waals surface area (Å²) in [5.74, 6) is -9.60. The number of aromatic amines is 1. The number of benzene rings is 2. The highest BCUT2D eigenvalue weighted by Crippen LogP contribution is 2.21. The van der Waals surface area contributed by atoms with Gasteiger partial charge in [-0.3, -0.25) is 43.2 Å². The summed E-state index contributed by atoms with van der Waals surface area (Å²) in [5.41, 5.74) is 13.1. The first-order valence-corrected chi connectivity index (χ1v) is 23.7. The number of carbonyl (C=O) groups excluding carboxylic acids is 9. The maximum absolute atomic E-state index is 14.3. The topological polar surface area (TPSA) is 400 Å². The normalized spacial score (nSPS) is 16.5. The fourth-order valence-electron chi connectivity index (χ4n) is 7.84. The Balaban J connectivity index is 1.43. The summed E-state index contributed by atoms with van der Waals surface area (Å²) in [6.45, 7) is 2.83. The minimum Gasteiger partial charge on any atom is -0.480 e. The van der Waals surface area contributed by atoms with Crippen LogP contribution in [-0.4, -0.2) is 163 Å². The molecule has 0 unspecified atom stereocenters. The van der Waals surface area contributed by atoms with E-state index in [1.54, 1.807) is 74.5 Å². The molecule has 1 saturated heterocycles. The van der Waals surface area contributed by atoms with Crippen molar-refractivity contribution in [3.63, 3.8) is 0 Å². The zero-order valence-electron chi connectivity index (χ0n) is 40.7. The number of nitrogens with zero attached hydrogens (tertiary/aromatic N) is 2. The fraction of sp³-hybridized carbons (Fsp3) is 0.479. The third-order valence-electron chi connectivity index (χ3n) is 11.8. The van der Waals surface area contributed by atoms with Gasteiger partial charge in [0.25, 0.3) is 0 Å². The number of likely N-dealkylation sites (tertiary alicyclic amines) is 1. The number of rotatable bonds is 28. The first-order chi connectivity index (χ1) is 34.7. The summed E-state index contributed by atoms with van der Waals surface area (Å²) in [4.78, 5) is 140. The van der Waals surface area contributed by atoms with E-state index in [1.165, 1.54) is 24.3 Å².